The van der Waals surface area contributed by atoms with Gasteiger partial charge in [-0.1, -0.05) is 0 Å². The Balaban J connectivity index is 3.64. The molecule has 0 amide bonds. The Hall–Kier alpha value is -1.29. The van der Waals surface area contributed by atoms with Crippen molar-refractivity contribution in [3.63, 3.8) is 0 Å². The minimum absolute atomic E-state index is 0.428. The van der Waals surface area contributed by atoms with Crippen LogP contribution in [0.15, 0.2) is 28.0 Å². The maximum absolute atomic E-state index is 10.7. The molecular formula is C7H5O7S2. The number of rotatable bonds is 3. The summed E-state index contributed by atoms with van der Waals surface area (Å²) >= 11 is 0. The Kier molecular flexibility index (Phi) is 3.15. The van der Waals surface area contributed by atoms with E-state index in [9.17, 15) is 21.6 Å². The van der Waals surface area contributed by atoms with Gasteiger partial charge in [0.2, 0.25) is 6.29 Å². The molecular weight excluding hydrogens is 260 g/mol. The third-order valence-electron chi connectivity index (χ3n) is 1.59. The lowest BCUT2D eigenvalue weighted by Gasteiger charge is -2.01. The van der Waals surface area contributed by atoms with Gasteiger partial charge in [-0.05, 0) is 18.2 Å². The van der Waals surface area contributed by atoms with E-state index in [1.54, 1.807) is 0 Å². The summed E-state index contributed by atoms with van der Waals surface area (Å²) in [5, 5.41) is 0. The standard InChI is InChI=1S/C7H5O7S2/c8-4-5-1-6(15(9,10)11)3-7(2-5)16(12,13)14/h1-3H,(H,9,10,11)(H,12,13,14). The molecule has 0 unspecified atom stereocenters. The third kappa shape index (κ3) is 2.85. The quantitative estimate of drug-likeness (QED) is 0.714. The van der Waals surface area contributed by atoms with Gasteiger partial charge in [-0.3, -0.25) is 13.9 Å². The zero-order chi connectivity index (χ0) is 12.6. The van der Waals surface area contributed by atoms with Crippen LogP contribution in [0.2, 0.25) is 0 Å². The Morgan fingerprint density at radius 3 is 1.50 bits per heavy atom. The lowest BCUT2D eigenvalue weighted by Crippen LogP contribution is -2.04. The number of benzene rings is 1. The summed E-state index contributed by atoms with van der Waals surface area (Å²) in [6.45, 7) is 0. The molecule has 0 fully saturated rings. The van der Waals surface area contributed by atoms with Crippen LogP contribution in [-0.2, 0) is 25.0 Å². The lowest BCUT2D eigenvalue weighted by molar-refractivity contribution is 0.481. The molecule has 1 aromatic rings. The first-order valence-corrected chi connectivity index (χ1v) is 6.51. The first-order valence-electron chi connectivity index (χ1n) is 3.63. The van der Waals surface area contributed by atoms with Gasteiger partial charge < -0.3 is 0 Å². The zero-order valence-corrected chi connectivity index (χ0v) is 9.12. The van der Waals surface area contributed by atoms with Crippen LogP contribution in [0.25, 0.3) is 0 Å². The summed E-state index contributed by atoms with van der Waals surface area (Å²) < 4.78 is 60.2. The minimum Gasteiger partial charge on any atom is -0.285 e. The molecule has 9 heteroatoms. The average molecular weight is 265 g/mol. The van der Waals surface area contributed by atoms with Gasteiger partial charge in [0.1, 0.15) is 0 Å². The van der Waals surface area contributed by atoms with E-state index in [1.807, 2.05) is 0 Å². The van der Waals surface area contributed by atoms with E-state index in [2.05, 4.69) is 0 Å². The van der Waals surface area contributed by atoms with Crippen LogP contribution in [0.4, 0.5) is 0 Å². The van der Waals surface area contributed by atoms with Crippen LogP contribution < -0.4 is 0 Å². The van der Waals surface area contributed by atoms with E-state index in [-0.39, 0.29) is 0 Å². The summed E-state index contributed by atoms with van der Waals surface area (Å²) in [4.78, 5) is 8.65. The molecule has 1 aromatic carbocycles. The lowest BCUT2D eigenvalue weighted by atomic mass is 10.2. The van der Waals surface area contributed by atoms with Crippen molar-refractivity contribution in [3.05, 3.63) is 23.8 Å². The molecule has 0 spiro atoms. The maximum atomic E-state index is 10.7. The fraction of sp³-hybridized carbons (Fsp3) is 0. The predicted molar refractivity (Wildman–Crippen MR) is 50.9 cm³/mol. The highest BCUT2D eigenvalue weighted by molar-refractivity contribution is 7.86. The van der Waals surface area contributed by atoms with Crippen molar-refractivity contribution in [1.82, 2.24) is 0 Å². The van der Waals surface area contributed by atoms with Gasteiger partial charge >= 0.3 is 0 Å². The molecule has 0 aliphatic carbocycles. The Morgan fingerprint density at radius 1 is 0.875 bits per heavy atom. The largest absolute Gasteiger partial charge is 0.294 e. The number of hydrogen-bond acceptors (Lipinski definition) is 5. The molecule has 0 aliphatic rings. The topological polar surface area (TPSA) is 126 Å². The fourth-order valence-corrected chi connectivity index (χ4v) is 2.11. The van der Waals surface area contributed by atoms with Crippen LogP contribution in [-0.4, -0.2) is 32.2 Å². The normalized spacial score (nSPS) is 12.4. The van der Waals surface area contributed by atoms with Crippen molar-refractivity contribution in [2.75, 3.05) is 0 Å². The second-order valence-corrected chi connectivity index (χ2v) is 5.59. The molecule has 1 rings (SSSR count). The Labute approximate surface area is 91.2 Å². The summed E-state index contributed by atoms with van der Waals surface area (Å²) in [5.41, 5.74) is -0.428. The monoisotopic (exact) mass is 265 g/mol. The molecule has 0 atom stereocenters. The van der Waals surface area contributed by atoms with E-state index in [0.29, 0.717) is 6.07 Å². The molecule has 0 saturated heterocycles. The molecule has 0 aliphatic heterocycles. The molecule has 0 aromatic heterocycles. The zero-order valence-electron chi connectivity index (χ0n) is 7.48. The van der Waals surface area contributed by atoms with Crippen LogP contribution in [0, 0.1) is 0 Å². The van der Waals surface area contributed by atoms with E-state index < -0.39 is 35.6 Å². The van der Waals surface area contributed by atoms with Gasteiger partial charge in [0.15, 0.2) is 0 Å². The van der Waals surface area contributed by atoms with Crippen molar-refractivity contribution >= 4 is 26.5 Å². The van der Waals surface area contributed by atoms with Crippen molar-refractivity contribution in [2.24, 2.45) is 0 Å². The van der Waals surface area contributed by atoms with E-state index in [1.165, 1.54) is 6.29 Å². The highest BCUT2D eigenvalue weighted by Crippen LogP contribution is 2.17. The molecule has 1 radical (unpaired) electrons. The van der Waals surface area contributed by atoms with Gasteiger partial charge in [0, 0.05) is 5.56 Å². The molecule has 2 N–H and O–H groups in total. The second-order valence-electron chi connectivity index (χ2n) is 2.75. The first-order chi connectivity index (χ1) is 7.14. The van der Waals surface area contributed by atoms with Crippen LogP contribution >= 0.6 is 0 Å². The molecule has 0 bridgehead atoms. The van der Waals surface area contributed by atoms with Crippen molar-refractivity contribution < 1.29 is 30.7 Å². The molecule has 87 valence electrons. The maximum Gasteiger partial charge on any atom is 0.294 e. The smallest absolute Gasteiger partial charge is 0.285 e. The Bertz CT molecular complexity index is 576. The van der Waals surface area contributed by atoms with E-state index in [0.717, 1.165) is 12.1 Å². The third-order valence-corrected chi connectivity index (χ3v) is 3.26. The van der Waals surface area contributed by atoms with Gasteiger partial charge in [0.25, 0.3) is 20.2 Å². The molecule has 0 saturated carbocycles. The van der Waals surface area contributed by atoms with Crippen LogP contribution in [0.5, 0.6) is 0 Å². The van der Waals surface area contributed by atoms with Gasteiger partial charge in [-0.2, -0.15) is 16.8 Å². The SMILES string of the molecule is O=[C]c1cc(S(=O)(=O)O)cc(S(=O)(=O)O)c1. The molecule has 7 nitrogen and oxygen atoms in total. The second kappa shape index (κ2) is 3.94. The highest BCUT2D eigenvalue weighted by Gasteiger charge is 2.17. The average Bonchev–Trinajstić information content (AvgIpc) is 2.14. The summed E-state index contributed by atoms with van der Waals surface area (Å²) in [7, 11) is -9.35. The molecule has 16 heavy (non-hydrogen) atoms. The van der Waals surface area contributed by atoms with Gasteiger partial charge in [-0.25, -0.2) is 0 Å². The Morgan fingerprint density at radius 2 is 1.25 bits per heavy atom. The minimum atomic E-state index is -4.67. The van der Waals surface area contributed by atoms with Gasteiger partial charge in [-0.15, -0.1) is 0 Å². The van der Waals surface area contributed by atoms with Crippen molar-refractivity contribution in [2.45, 2.75) is 9.79 Å². The van der Waals surface area contributed by atoms with E-state index in [4.69, 9.17) is 9.11 Å². The summed E-state index contributed by atoms with van der Waals surface area (Å²) in [6.07, 6.45) is 1.25. The molecule has 0 heterocycles. The van der Waals surface area contributed by atoms with Crippen LogP contribution in [0.1, 0.15) is 5.56 Å². The number of carbonyl (C=O) groups excluding carboxylic acids is 1. The number of hydrogen-bond donors (Lipinski definition) is 2. The van der Waals surface area contributed by atoms with Crippen molar-refractivity contribution in [1.29, 1.82) is 0 Å². The van der Waals surface area contributed by atoms with Gasteiger partial charge in [0.05, 0.1) is 9.79 Å². The summed E-state index contributed by atoms with van der Waals surface area (Å²) in [5.74, 6) is 0. The fourth-order valence-electron chi connectivity index (χ4n) is 0.929. The predicted octanol–water partition coefficient (Wildman–Crippen LogP) is -0.362. The first kappa shape index (κ1) is 12.8. The summed E-state index contributed by atoms with van der Waals surface area (Å²) in [6, 6.07) is 1.96. The van der Waals surface area contributed by atoms with E-state index >= 15 is 0 Å². The highest BCUT2D eigenvalue weighted by atomic mass is 32.2. The van der Waals surface area contributed by atoms with Crippen LogP contribution in [0.3, 0.4) is 0 Å². The van der Waals surface area contributed by atoms with Crippen molar-refractivity contribution in [3.8, 4) is 0 Å².